The molecule has 0 saturated carbocycles. The highest BCUT2D eigenvalue weighted by atomic mass is 32.1. The lowest BCUT2D eigenvalue weighted by molar-refractivity contribution is -0.122. The topological polar surface area (TPSA) is 84.2 Å². The van der Waals surface area contributed by atoms with Crippen molar-refractivity contribution in [2.75, 3.05) is 0 Å². The normalized spacial score (nSPS) is 14.8. The van der Waals surface area contributed by atoms with Crippen molar-refractivity contribution in [1.29, 1.82) is 0 Å². The minimum atomic E-state index is -1.30. The summed E-state index contributed by atoms with van der Waals surface area (Å²) in [5, 5.41) is 5.53. The van der Waals surface area contributed by atoms with Crippen LogP contribution in [0.4, 0.5) is 0 Å². The second-order valence-corrected chi connectivity index (χ2v) is 7.91. The molecule has 0 spiro atoms. The maximum Gasteiger partial charge on any atom is 0.347 e. The average molecular weight is 442 g/mol. The van der Waals surface area contributed by atoms with Crippen LogP contribution in [0.1, 0.15) is 16.7 Å². The summed E-state index contributed by atoms with van der Waals surface area (Å²) in [6, 6.07) is 26.1. The van der Waals surface area contributed by atoms with Gasteiger partial charge in [-0.15, -0.1) is 0 Å². The smallest absolute Gasteiger partial charge is 0.292 e. The lowest BCUT2D eigenvalue weighted by Crippen LogP contribution is -2.39. The number of hydrogen-bond donors (Lipinski definition) is 2. The largest absolute Gasteiger partial charge is 0.347 e. The molecule has 1 aliphatic rings. The van der Waals surface area contributed by atoms with Crippen LogP contribution in [0.5, 0.6) is 0 Å². The van der Waals surface area contributed by atoms with Crippen LogP contribution in [0, 0.1) is 11.7 Å². The number of nitrogens with zero attached hydrogens (tertiary/aromatic N) is 3. The number of aromatic amines is 1. The van der Waals surface area contributed by atoms with Crippen LogP contribution >= 0.6 is 12.2 Å². The molecule has 1 amide bonds. The number of aromatic nitrogens is 3. The lowest BCUT2D eigenvalue weighted by atomic mass is 9.83. The van der Waals surface area contributed by atoms with E-state index in [-0.39, 0.29) is 16.6 Å². The van der Waals surface area contributed by atoms with Gasteiger partial charge in [-0.25, -0.2) is 19.5 Å². The fraction of sp³-hybridized carbons (Fsp3) is 0.0833. The molecule has 0 radical (unpaired) electrons. The Bertz CT molecular complexity index is 1430. The van der Waals surface area contributed by atoms with Gasteiger partial charge >= 0.3 is 5.69 Å². The van der Waals surface area contributed by atoms with Gasteiger partial charge in [0, 0.05) is 0 Å². The molecule has 7 nitrogen and oxygen atoms in total. The predicted octanol–water partition coefficient (Wildman–Crippen LogP) is 3.28. The van der Waals surface area contributed by atoms with E-state index >= 15 is 0 Å². The van der Waals surface area contributed by atoms with E-state index in [4.69, 9.17) is 17.2 Å². The van der Waals surface area contributed by atoms with Gasteiger partial charge < -0.3 is 0 Å². The average Bonchev–Trinajstić information content (AvgIpc) is 3.31. The van der Waals surface area contributed by atoms with E-state index in [0.717, 1.165) is 5.56 Å². The molecular weight excluding hydrogens is 422 g/mol. The zero-order valence-corrected chi connectivity index (χ0v) is 18.0. The van der Waals surface area contributed by atoms with Gasteiger partial charge in [-0.1, -0.05) is 72.8 Å². The number of benzene rings is 3. The molecule has 32 heavy (non-hydrogen) atoms. The van der Waals surface area contributed by atoms with Crippen molar-refractivity contribution in [3.63, 3.8) is 0 Å². The number of carbonyl (C=O) groups is 1. The van der Waals surface area contributed by atoms with Crippen LogP contribution in [-0.2, 0) is 10.3 Å². The molecule has 2 heterocycles. The molecule has 2 N–H and O–H groups in total. The van der Waals surface area contributed by atoms with Crippen LogP contribution in [0.2, 0.25) is 0 Å². The Labute approximate surface area is 188 Å². The Morgan fingerprint density at radius 1 is 0.875 bits per heavy atom. The highest BCUT2D eigenvalue weighted by Crippen LogP contribution is 2.37. The van der Waals surface area contributed by atoms with E-state index in [1.807, 2.05) is 85.8 Å². The molecule has 1 aliphatic heterocycles. The fourth-order valence-corrected chi connectivity index (χ4v) is 4.29. The monoisotopic (exact) mass is 441 g/mol. The number of hydrogen-bond acceptors (Lipinski definition) is 4. The first-order valence-corrected chi connectivity index (χ1v) is 10.5. The number of carbonyl (C=O) groups excluding carboxylic acids is 1. The summed E-state index contributed by atoms with van der Waals surface area (Å²) in [5.41, 5.74) is 1.34. The lowest BCUT2D eigenvalue weighted by Gasteiger charge is -2.24. The van der Waals surface area contributed by atoms with E-state index in [1.165, 1.54) is 9.25 Å². The van der Waals surface area contributed by atoms with Crippen molar-refractivity contribution in [3.8, 4) is 5.69 Å². The number of H-pyrrole nitrogens is 1. The molecule has 8 heteroatoms. The van der Waals surface area contributed by atoms with Gasteiger partial charge in [0.2, 0.25) is 10.7 Å². The summed E-state index contributed by atoms with van der Waals surface area (Å²) in [6.45, 7) is 1.94. The second kappa shape index (κ2) is 7.58. The summed E-state index contributed by atoms with van der Waals surface area (Å²) in [5.74, 6) is -0.160. The van der Waals surface area contributed by atoms with E-state index in [0.29, 0.717) is 16.8 Å². The maximum absolute atomic E-state index is 13.4. The van der Waals surface area contributed by atoms with Gasteiger partial charge in [0.25, 0.3) is 5.91 Å². The highest BCUT2D eigenvalue weighted by Gasteiger charge is 2.47. The predicted molar refractivity (Wildman–Crippen MR) is 125 cm³/mol. The minimum absolute atomic E-state index is 0.163. The van der Waals surface area contributed by atoms with Crippen molar-refractivity contribution in [1.82, 2.24) is 19.7 Å². The molecular formula is C24H19N5O2S. The van der Waals surface area contributed by atoms with Gasteiger partial charge in [-0.2, -0.15) is 4.68 Å². The summed E-state index contributed by atoms with van der Waals surface area (Å²) in [6.07, 6.45) is 0. The SMILES string of the molecule is Cc1cccc(-n2c(=O)[nH]n(C3=NC(c4ccccc4)(c4ccccc4)C(=O)N3)c2=S)c1. The first-order chi connectivity index (χ1) is 15.5. The van der Waals surface area contributed by atoms with E-state index in [2.05, 4.69) is 10.4 Å². The standard InChI is InChI=1S/C24H19N5O2S/c1-16-9-8-14-19(15-16)28-22(31)27-29(23(28)32)21-25-20(30)24(26-21,17-10-4-2-5-11-17)18-12-6-3-7-13-18/h2-15H,1H3,(H,27,31)(H,25,26,30). The van der Waals surface area contributed by atoms with Crippen LogP contribution in [0.3, 0.4) is 0 Å². The third kappa shape index (κ3) is 3.04. The Morgan fingerprint density at radius 2 is 1.50 bits per heavy atom. The zero-order chi connectivity index (χ0) is 22.3. The maximum atomic E-state index is 13.4. The summed E-state index contributed by atoms with van der Waals surface area (Å²) >= 11 is 5.58. The van der Waals surface area contributed by atoms with Crippen LogP contribution in [0.25, 0.3) is 5.69 Å². The number of aliphatic imine (C=N–C) groups is 1. The van der Waals surface area contributed by atoms with E-state index in [1.54, 1.807) is 6.07 Å². The quantitative estimate of drug-likeness (QED) is 0.479. The van der Waals surface area contributed by atoms with Crippen molar-refractivity contribution in [2.24, 2.45) is 4.99 Å². The third-order valence-electron chi connectivity index (χ3n) is 5.48. The molecule has 0 aliphatic carbocycles. The zero-order valence-electron chi connectivity index (χ0n) is 17.1. The van der Waals surface area contributed by atoms with Gasteiger partial charge in [-0.3, -0.25) is 10.1 Å². The number of aryl methyl sites for hydroxylation is 1. The van der Waals surface area contributed by atoms with Crippen LogP contribution in [-0.4, -0.2) is 26.2 Å². The van der Waals surface area contributed by atoms with E-state index in [9.17, 15) is 9.59 Å². The molecule has 3 aromatic carbocycles. The summed E-state index contributed by atoms with van der Waals surface area (Å²) < 4.78 is 2.89. The Hall–Kier alpha value is -4.04. The van der Waals surface area contributed by atoms with Crippen molar-refractivity contribution in [3.05, 3.63) is 117 Å². The molecule has 0 atom stereocenters. The molecule has 0 unspecified atom stereocenters. The molecule has 0 saturated heterocycles. The first-order valence-electron chi connectivity index (χ1n) is 10.0. The van der Waals surface area contributed by atoms with Gasteiger partial charge in [0.1, 0.15) is 0 Å². The molecule has 0 fully saturated rings. The first kappa shape index (κ1) is 19.9. The second-order valence-electron chi connectivity index (χ2n) is 7.54. The third-order valence-corrected chi connectivity index (χ3v) is 5.84. The van der Waals surface area contributed by atoms with Gasteiger partial charge in [0.05, 0.1) is 5.69 Å². The van der Waals surface area contributed by atoms with Crippen molar-refractivity contribution < 1.29 is 4.79 Å². The Kier molecular flexibility index (Phi) is 4.71. The van der Waals surface area contributed by atoms with Gasteiger partial charge in [-0.05, 0) is 48.0 Å². The molecule has 158 valence electrons. The summed E-state index contributed by atoms with van der Waals surface area (Å²) in [4.78, 5) is 31.0. The Morgan fingerprint density at radius 3 is 2.09 bits per heavy atom. The number of amides is 1. The highest BCUT2D eigenvalue weighted by molar-refractivity contribution is 7.71. The molecule has 1 aromatic heterocycles. The molecule has 0 bridgehead atoms. The number of rotatable bonds is 3. The Balaban J connectivity index is 1.71. The number of nitrogens with one attached hydrogen (secondary N) is 2. The molecule has 4 aromatic rings. The van der Waals surface area contributed by atoms with E-state index < -0.39 is 11.2 Å². The van der Waals surface area contributed by atoms with Crippen LogP contribution < -0.4 is 11.0 Å². The molecule has 5 rings (SSSR count). The fourth-order valence-electron chi connectivity index (χ4n) is 3.97. The van der Waals surface area contributed by atoms with Crippen molar-refractivity contribution in [2.45, 2.75) is 12.5 Å². The summed E-state index contributed by atoms with van der Waals surface area (Å²) in [7, 11) is 0. The minimum Gasteiger partial charge on any atom is -0.292 e. The van der Waals surface area contributed by atoms with Crippen LogP contribution in [0.15, 0.2) is 94.7 Å². The van der Waals surface area contributed by atoms with Crippen molar-refractivity contribution >= 4 is 24.1 Å². The van der Waals surface area contributed by atoms with Gasteiger partial charge in [0.15, 0.2) is 5.54 Å².